The molecule has 0 aliphatic carbocycles. The van der Waals surface area contributed by atoms with Gasteiger partial charge in [-0.3, -0.25) is 4.90 Å². The van der Waals surface area contributed by atoms with E-state index in [1.807, 2.05) is 20.8 Å². The average molecular weight is 334 g/mol. The van der Waals surface area contributed by atoms with Gasteiger partial charge in [0, 0.05) is 26.8 Å². The molecule has 2 rings (SSSR count). The van der Waals surface area contributed by atoms with Crippen molar-refractivity contribution in [2.75, 3.05) is 31.7 Å². The number of unbranched alkanes of at least 4 members (excludes halogenated alkanes) is 1. The maximum atomic E-state index is 12.5. The molecule has 0 spiro atoms. The van der Waals surface area contributed by atoms with Gasteiger partial charge in [0.2, 0.25) is 0 Å². The number of hydrogen-bond donors (Lipinski definition) is 1. The lowest BCUT2D eigenvalue weighted by Crippen LogP contribution is -2.36. The first-order valence-electron chi connectivity index (χ1n) is 8.73. The Morgan fingerprint density at radius 3 is 2.79 bits per heavy atom. The van der Waals surface area contributed by atoms with E-state index >= 15 is 0 Å². The summed E-state index contributed by atoms with van der Waals surface area (Å²) in [4.78, 5) is 14.3. The van der Waals surface area contributed by atoms with Gasteiger partial charge in [0.15, 0.2) is 0 Å². The third kappa shape index (κ3) is 5.21. The number of anilines is 1. The molecule has 24 heavy (non-hydrogen) atoms. The standard InChI is InChI=1S/C19H30N2O3/c1-19(2,3)24-18(22)21-12-10-15-8-7-9-16(17(15)21)14-20-11-5-6-13-23-4/h7-9,20H,5-6,10-14H2,1-4H3. The van der Waals surface area contributed by atoms with E-state index in [1.54, 1.807) is 12.0 Å². The lowest BCUT2D eigenvalue weighted by atomic mass is 10.1. The van der Waals surface area contributed by atoms with Crippen molar-refractivity contribution in [2.45, 2.75) is 52.2 Å². The number of methoxy groups -OCH3 is 1. The molecule has 0 saturated heterocycles. The second-order valence-corrected chi connectivity index (χ2v) is 7.18. The molecule has 1 aliphatic rings. The fraction of sp³-hybridized carbons (Fsp3) is 0.632. The Balaban J connectivity index is 1.99. The molecule has 0 radical (unpaired) electrons. The van der Waals surface area contributed by atoms with Gasteiger partial charge in [-0.1, -0.05) is 18.2 Å². The third-order valence-corrected chi connectivity index (χ3v) is 3.96. The molecule has 1 aromatic carbocycles. The Labute approximate surface area is 145 Å². The highest BCUT2D eigenvalue weighted by Crippen LogP contribution is 2.33. The van der Waals surface area contributed by atoms with Crippen molar-refractivity contribution in [1.82, 2.24) is 5.32 Å². The molecule has 0 atom stereocenters. The molecule has 0 unspecified atom stereocenters. The van der Waals surface area contributed by atoms with Crippen LogP contribution >= 0.6 is 0 Å². The number of fused-ring (bicyclic) bond motifs is 1. The topological polar surface area (TPSA) is 50.8 Å². The van der Waals surface area contributed by atoms with Gasteiger partial charge in [0.05, 0.1) is 5.69 Å². The number of hydrogen-bond acceptors (Lipinski definition) is 4. The van der Waals surface area contributed by atoms with E-state index in [0.717, 1.165) is 50.2 Å². The van der Waals surface area contributed by atoms with E-state index in [9.17, 15) is 4.79 Å². The predicted octanol–water partition coefficient (Wildman–Crippen LogP) is 3.50. The molecule has 134 valence electrons. The second kappa shape index (κ2) is 8.49. The molecule has 1 N–H and O–H groups in total. The van der Waals surface area contributed by atoms with Crippen LogP contribution in [-0.4, -0.2) is 38.5 Å². The van der Waals surface area contributed by atoms with Gasteiger partial charge in [0.1, 0.15) is 5.60 Å². The Bertz CT molecular complexity index is 552. The molecular weight excluding hydrogens is 304 g/mol. The van der Waals surface area contributed by atoms with Gasteiger partial charge in [0.25, 0.3) is 0 Å². The van der Waals surface area contributed by atoms with Crippen LogP contribution in [0.25, 0.3) is 0 Å². The van der Waals surface area contributed by atoms with Crippen LogP contribution in [-0.2, 0) is 22.4 Å². The zero-order valence-corrected chi connectivity index (χ0v) is 15.4. The lowest BCUT2D eigenvalue weighted by Gasteiger charge is -2.26. The van der Waals surface area contributed by atoms with E-state index in [0.29, 0.717) is 6.54 Å². The summed E-state index contributed by atoms with van der Waals surface area (Å²) in [5, 5.41) is 3.46. The number of ether oxygens (including phenoxy) is 2. The quantitative estimate of drug-likeness (QED) is 0.776. The van der Waals surface area contributed by atoms with Gasteiger partial charge < -0.3 is 14.8 Å². The summed E-state index contributed by atoms with van der Waals surface area (Å²) in [7, 11) is 1.73. The predicted molar refractivity (Wildman–Crippen MR) is 96.5 cm³/mol. The summed E-state index contributed by atoms with van der Waals surface area (Å²) in [5.74, 6) is 0. The molecule has 1 aliphatic heterocycles. The molecule has 1 amide bonds. The summed E-state index contributed by atoms with van der Waals surface area (Å²) >= 11 is 0. The fourth-order valence-corrected chi connectivity index (χ4v) is 2.90. The summed E-state index contributed by atoms with van der Waals surface area (Å²) in [5.41, 5.74) is 2.92. The lowest BCUT2D eigenvalue weighted by molar-refractivity contribution is 0.0583. The van der Waals surface area contributed by atoms with Crippen LogP contribution in [0.1, 0.15) is 44.7 Å². The van der Waals surface area contributed by atoms with Gasteiger partial charge in [-0.15, -0.1) is 0 Å². The van der Waals surface area contributed by atoms with Gasteiger partial charge in [-0.05, 0) is 57.7 Å². The van der Waals surface area contributed by atoms with Crippen molar-refractivity contribution < 1.29 is 14.3 Å². The Morgan fingerprint density at radius 1 is 1.29 bits per heavy atom. The van der Waals surface area contributed by atoms with Crippen LogP contribution in [0.2, 0.25) is 0 Å². The van der Waals surface area contributed by atoms with Crippen molar-refractivity contribution in [3.8, 4) is 0 Å². The van der Waals surface area contributed by atoms with Crippen molar-refractivity contribution in [3.63, 3.8) is 0 Å². The van der Waals surface area contributed by atoms with Gasteiger partial charge in [-0.2, -0.15) is 0 Å². The van der Waals surface area contributed by atoms with Crippen LogP contribution in [0.4, 0.5) is 10.5 Å². The number of nitrogens with zero attached hydrogens (tertiary/aromatic N) is 1. The van der Waals surface area contributed by atoms with Crippen LogP contribution in [0.5, 0.6) is 0 Å². The first-order chi connectivity index (χ1) is 11.4. The summed E-state index contributed by atoms with van der Waals surface area (Å²) in [6.45, 7) is 8.89. The van der Waals surface area contributed by atoms with Crippen LogP contribution in [0.15, 0.2) is 18.2 Å². The summed E-state index contributed by atoms with van der Waals surface area (Å²) < 4.78 is 10.6. The molecule has 0 aromatic heterocycles. The second-order valence-electron chi connectivity index (χ2n) is 7.18. The number of rotatable bonds is 7. The Morgan fingerprint density at radius 2 is 2.08 bits per heavy atom. The number of amides is 1. The van der Waals surface area contributed by atoms with Crippen LogP contribution in [0, 0.1) is 0 Å². The third-order valence-electron chi connectivity index (χ3n) is 3.96. The first kappa shape index (κ1) is 18.7. The highest BCUT2D eigenvalue weighted by molar-refractivity contribution is 5.91. The van der Waals surface area contributed by atoms with Crippen LogP contribution in [0.3, 0.4) is 0 Å². The molecule has 5 heteroatoms. The van der Waals surface area contributed by atoms with Crippen molar-refractivity contribution >= 4 is 11.8 Å². The Hall–Kier alpha value is -1.59. The largest absolute Gasteiger partial charge is 0.443 e. The molecule has 0 fully saturated rings. The minimum atomic E-state index is -0.478. The average Bonchev–Trinajstić information content (AvgIpc) is 2.94. The highest BCUT2D eigenvalue weighted by Gasteiger charge is 2.30. The SMILES string of the molecule is COCCCCNCc1cccc2c1N(C(=O)OC(C)(C)C)CC2. The van der Waals surface area contributed by atoms with E-state index in [4.69, 9.17) is 9.47 Å². The van der Waals surface area contributed by atoms with E-state index in [1.165, 1.54) is 5.56 Å². The smallest absolute Gasteiger partial charge is 0.414 e. The molecule has 5 nitrogen and oxygen atoms in total. The van der Waals surface area contributed by atoms with Crippen molar-refractivity contribution in [2.24, 2.45) is 0 Å². The summed E-state index contributed by atoms with van der Waals surface area (Å²) in [6, 6.07) is 6.25. The maximum Gasteiger partial charge on any atom is 0.414 e. The number of para-hydroxylation sites is 1. The van der Waals surface area contributed by atoms with Crippen molar-refractivity contribution in [3.05, 3.63) is 29.3 Å². The molecule has 0 bridgehead atoms. The highest BCUT2D eigenvalue weighted by atomic mass is 16.6. The van der Waals surface area contributed by atoms with Crippen molar-refractivity contribution in [1.29, 1.82) is 0 Å². The molecule has 1 aromatic rings. The zero-order chi connectivity index (χ0) is 17.6. The number of carbonyl (C=O) groups excluding carboxylic acids is 1. The zero-order valence-electron chi connectivity index (χ0n) is 15.4. The minimum absolute atomic E-state index is 0.256. The normalized spacial score (nSPS) is 13.9. The molecule has 0 saturated carbocycles. The maximum absolute atomic E-state index is 12.5. The molecular formula is C19H30N2O3. The van der Waals surface area contributed by atoms with E-state index < -0.39 is 5.60 Å². The first-order valence-corrected chi connectivity index (χ1v) is 8.73. The monoisotopic (exact) mass is 334 g/mol. The number of nitrogens with one attached hydrogen (secondary N) is 1. The van der Waals surface area contributed by atoms with E-state index in [2.05, 4.69) is 23.5 Å². The fourth-order valence-electron chi connectivity index (χ4n) is 2.90. The Kier molecular flexibility index (Phi) is 6.63. The number of benzene rings is 1. The summed E-state index contributed by atoms with van der Waals surface area (Å²) in [6.07, 6.45) is 2.77. The van der Waals surface area contributed by atoms with Crippen LogP contribution < -0.4 is 10.2 Å². The van der Waals surface area contributed by atoms with E-state index in [-0.39, 0.29) is 6.09 Å². The minimum Gasteiger partial charge on any atom is -0.443 e. The van der Waals surface area contributed by atoms with Gasteiger partial charge in [-0.25, -0.2) is 4.79 Å². The van der Waals surface area contributed by atoms with Gasteiger partial charge >= 0.3 is 6.09 Å². The molecule has 1 heterocycles. The number of carbonyl (C=O) groups is 1.